The minimum Gasteiger partial charge on any atom is -1.00 e. The summed E-state index contributed by atoms with van der Waals surface area (Å²) in [6, 6.07) is 5.52. The lowest BCUT2D eigenvalue weighted by atomic mass is 10.2. The van der Waals surface area contributed by atoms with Crippen molar-refractivity contribution < 1.29 is 31.3 Å². The van der Waals surface area contributed by atoms with Crippen molar-refractivity contribution in [2.24, 2.45) is 0 Å². The van der Waals surface area contributed by atoms with Gasteiger partial charge in [0.25, 0.3) is 5.91 Å². The molecular weight excluding hydrogens is 247 g/mol. The van der Waals surface area contributed by atoms with Gasteiger partial charge >= 0.3 is 0 Å². The van der Waals surface area contributed by atoms with Gasteiger partial charge in [-0.15, -0.1) is 0 Å². The van der Waals surface area contributed by atoms with Gasteiger partial charge in [0.05, 0.1) is 13.2 Å². The van der Waals surface area contributed by atoms with E-state index in [0.29, 0.717) is 18.8 Å². The molecule has 1 heterocycles. The molecule has 1 aromatic carbocycles. The molecule has 0 aromatic heterocycles. The first kappa shape index (κ1) is 13.9. The molecule has 0 spiro atoms. The van der Waals surface area contributed by atoms with Gasteiger partial charge in [-0.3, -0.25) is 4.79 Å². The van der Waals surface area contributed by atoms with E-state index in [-0.39, 0.29) is 24.1 Å². The highest BCUT2D eigenvalue weighted by molar-refractivity contribution is 5.93. The Labute approximate surface area is 105 Å². The highest BCUT2D eigenvalue weighted by Gasteiger charge is 2.17. The Balaban J connectivity index is 0.00000144. The lowest BCUT2D eigenvalue weighted by Crippen LogP contribution is -3.20. The zero-order valence-corrected chi connectivity index (χ0v) is 9.97. The molecule has 4 nitrogen and oxygen atoms in total. The Morgan fingerprint density at radius 2 is 1.82 bits per heavy atom. The van der Waals surface area contributed by atoms with E-state index < -0.39 is 0 Å². The standard InChI is InChI=1S/C11H13FN2O2.ClH/c12-10-3-1-9(2-4-10)11(15)13-14-5-7-16-8-6-14;/h1-4H,5-8H2,(H,13,15);1H. The Kier molecular flexibility index (Phi) is 5.34. The Morgan fingerprint density at radius 1 is 1.24 bits per heavy atom. The third kappa shape index (κ3) is 3.96. The lowest BCUT2D eigenvalue weighted by Gasteiger charge is -2.23. The zero-order chi connectivity index (χ0) is 11.4. The van der Waals surface area contributed by atoms with E-state index in [2.05, 4.69) is 5.43 Å². The molecule has 0 bridgehead atoms. The van der Waals surface area contributed by atoms with Crippen LogP contribution in [0.1, 0.15) is 10.4 Å². The summed E-state index contributed by atoms with van der Waals surface area (Å²) in [6.07, 6.45) is 0. The largest absolute Gasteiger partial charge is 1.00 e. The first-order valence-electron chi connectivity index (χ1n) is 5.25. The second-order valence-corrected chi connectivity index (χ2v) is 3.68. The highest BCUT2D eigenvalue weighted by Crippen LogP contribution is 2.01. The number of carbonyl (C=O) groups is 1. The van der Waals surface area contributed by atoms with Crippen molar-refractivity contribution in [3.8, 4) is 0 Å². The summed E-state index contributed by atoms with van der Waals surface area (Å²) in [4.78, 5) is 11.7. The van der Waals surface area contributed by atoms with Crippen LogP contribution in [-0.4, -0.2) is 32.2 Å². The van der Waals surface area contributed by atoms with Gasteiger partial charge in [0, 0.05) is 5.56 Å². The van der Waals surface area contributed by atoms with Gasteiger partial charge < -0.3 is 17.1 Å². The molecule has 0 saturated carbocycles. The number of halogens is 2. The fourth-order valence-corrected chi connectivity index (χ4v) is 1.58. The quantitative estimate of drug-likeness (QED) is 0.577. The number of quaternary nitrogens is 1. The van der Waals surface area contributed by atoms with Crippen LogP contribution in [0.5, 0.6) is 0 Å². The number of nitrogens with one attached hydrogen (secondary N) is 2. The van der Waals surface area contributed by atoms with Crippen molar-refractivity contribution in [3.63, 3.8) is 0 Å². The summed E-state index contributed by atoms with van der Waals surface area (Å²) in [5, 5.41) is 0.987. The Bertz CT molecular complexity index is 366. The molecule has 0 radical (unpaired) electrons. The fraction of sp³-hybridized carbons (Fsp3) is 0.364. The van der Waals surface area contributed by atoms with Gasteiger partial charge in [-0.05, 0) is 24.3 Å². The summed E-state index contributed by atoms with van der Waals surface area (Å²) in [6.45, 7) is 2.82. The van der Waals surface area contributed by atoms with Gasteiger partial charge in [-0.25, -0.2) is 9.40 Å². The normalized spacial score (nSPS) is 16.1. The van der Waals surface area contributed by atoms with Crippen LogP contribution in [0, 0.1) is 5.82 Å². The summed E-state index contributed by atoms with van der Waals surface area (Å²) in [5.41, 5.74) is 3.30. The van der Waals surface area contributed by atoms with E-state index in [1.54, 1.807) is 0 Å². The molecule has 1 amide bonds. The van der Waals surface area contributed by atoms with Crippen LogP contribution in [0.4, 0.5) is 4.39 Å². The maximum Gasteiger partial charge on any atom is 0.295 e. The van der Waals surface area contributed by atoms with Crippen LogP contribution in [0.3, 0.4) is 0 Å². The SMILES string of the molecule is O=C(N[NH+]1CCOCC1)c1ccc(F)cc1.[Cl-]. The molecule has 6 heteroatoms. The number of rotatable bonds is 2. The monoisotopic (exact) mass is 260 g/mol. The third-order valence-electron chi connectivity index (χ3n) is 2.49. The van der Waals surface area contributed by atoms with Crippen molar-refractivity contribution in [2.45, 2.75) is 0 Å². The van der Waals surface area contributed by atoms with Crippen molar-refractivity contribution in [1.82, 2.24) is 5.43 Å². The average Bonchev–Trinajstić information content (AvgIpc) is 2.31. The Hall–Kier alpha value is -1.17. The first-order chi connectivity index (χ1) is 7.75. The van der Waals surface area contributed by atoms with E-state index in [1.165, 1.54) is 24.3 Å². The molecule has 1 aliphatic heterocycles. The molecule has 17 heavy (non-hydrogen) atoms. The second-order valence-electron chi connectivity index (χ2n) is 3.68. The van der Waals surface area contributed by atoms with Gasteiger partial charge in [-0.2, -0.15) is 5.43 Å². The smallest absolute Gasteiger partial charge is 0.295 e. The van der Waals surface area contributed by atoms with Crippen LogP contribution in [0.2, 0.25) is 0 Å². The minimum atomic E-state index is -0.338. The van der Waals surface area contributed by atoms with Crippen LogP contribution in [0.25, 0.3) is 0 Å². The number of carbonyl (C=O) groups excluding carboxylic acids is 1. The maximum absolute atomic E-state index is 12.7. The summed E-state index contributed by atoms with van der Waals surface area (Å²) in [5.74, 6) is -0.521. The predicted octanol–water partition coefficient (Wildman–Crippen LogP) is -3.61. The number of hydrogen-bond acceptors (Lipinski definition) is 2. The van der Waals surface area contributed by atoms with E-state index in [0.717, 1.165) is 18.1 Å². The number of benzene rings is 1. The van der Waals surface area contributed by atoms with E-state index in [1.807, 2.05) is 0 Å². The molecule has 2 rings (SSSR count). The van der Waals surface area contributed by atoms with Gasteiger partial charge in [0.2, 0.25) is 0 Å². The minimum absolute atomic E-state index is 0. The number of ether oxygens (including phenoxy) is 1. The van der Waals surface area contributed by atoms with Gasteiger partial charge in [0.1, 0.15) is 18.9 Å². The van der Waals surface area contributed by atoms with Crippen LogP contribution >= 0.6 is 0 Å². The molecule has 0 atom stereocenters. The zero-order valence-electron chi connectivity index (χ0n) is 9.21. The van der Waals surface area contributed by atoms with Crippen LogP contribution in [-0.2, 0) is 4.74 Å². The van der Waals surface area contributed by atoms with Gasteiger partial charge in [0.15, 0.2) is 0 Å². The van der Waals surface area contributed by atoms with E-state index in [9.17, 15) is 9.18 Å². The molecule has 1 fully saturated rings. The second kappa shape index (κ2) is 6.54. The Morgan fingerprint density at radius 3 is 2.41 bits per heavy atom. The van der Waals surface area contributed by atoms with Gasteiger partial charge in [-0.1, -0.05) is 0 Å². The number of morpholine rings is 1. The number of hydrogen-bond donors (Lipinski definition) is 2. The molecular formula is C11H14ClFN2O2. The summed E-state index contributed by atoms with van der Waals surface area (Å²) >= 11 is 0. The molecule has 2 N–H and O–H groups in total. The first-order valence-corrected chi connectivity index (χ1v) is 5.25. The third-order valence-corrected chi connectivity index (χ3v) is 2.49. The molecule has 94 valence electrons. The average molecular weight is 261 g/mol. The molecule has 1 saturated heterocycles. The molecule has 1 aromatic rings. The predicted molar refractivity (Wildman–Crippen MR) is 55.4 cm³/mol. The topological polar surface area (TPSA) is 42.8 Å². The summed E-state index contributed by atoms with van der Waals surface area (Å²) < 4.78 is 17.8. The van der Waals surface area contributed by atoms with Crippen molar-refractivity contribution >= 4 is 5.91 Å². The van der Waals surface area contributed by atoms with Crippen LogP contribution in [0.15, 0.2) is 24.3 Å². The molecule has 0 unspecified atom stereocenters. The van der Waals surface area contributed by atoms with Crippen LogP contribution < -0.4 is 22.8 Å². The lowest BCUT2D eigenvalue weighted by molar-refractivity contribution is -0.942. The summed E-state index contributed by atoms with van der Waals surface area (Å²) in [7, 11) is 0. The molecule has 1 aliphatic rings. The molecule has 0 aliphatic carbocycles. The maximum atomic E-state index is 12.7. The fourth-order valence-electron chi connectivity index (χ4n) is 1.58. The number of amides is 1. The van der Waals surface area contributed by atoms with E-state index in [4.69, 9.17) is 4.74 Å². The van der Waals surface area contributed by atoms with Crippen molar-refractivity contribution in [2.75, 3.05) is 26.3 Å². The highest BCUT2D eigenvalue weighted by atomic mass is 35.5. The van der Waals surface area contributed by atoms with E-state index >= 15 is 0 Å². The van der Waals surface area contributed by atoms with Crippen molar-refractivity contribution in [1.29, 1.82) is 0 Å². The van der Waals surface area contributed by atoms with Crippen molar-refractivity contribution in [3.05, 3.63) is 35.6 Å².